The van der Waals surface area contributed by atoms with Gasteiger partial charge in [-0.2, -0.15) is 0 Å². The number of nitrogens with zero attached hydrogens (tertiary/aromatic N) is 2. The van der Waals surface area contributed by atoms with Crippen LogP contribution in [-0.2, 0) is 0 Å². The van der Waals surface area contributed by atoms with Gasteiger partial charge >= 0.3 is 0 Å². The Morgan fingerprint density at radius 1 is 1.14 bits per heavy atom. The highest BCUT2D eigenvalue weighted by atomic mass is 19.2. The van der Waals surface area contributed by atoms with Gasteiger partial charge in [-0.05, 0) is 30.2 Å². The molecule has 0 N–H and O–H groups in total. The lowest BCUT2D eigenvalue weighted by Gasteiger charge is -2.19. The van der Waals surface area contributed by atoms with Crippen LogP contribution in [0.2, 0.25) is 0 Å². The van der Waals surface area contributed by atoms with Crippen molar-refractivity contribution in [1.82, 2.24) is 4.98 Å². The van der Waals surface area contributed by atoms with Crippen molar-refractivity contribution < 1.29 is 13.2 Å². The maximum Gasteiger partial charge on any atom is 0.190 e. The third kappa shape index (κ3) is 3.06. The number of benzene rings is 1. The van der Waals surface area contributed by atoms with Gasteiger partial charge in [0.15, 0.2) is 17.3 Å². The van der Waals surface area contributed by atoms with E-state index in [0.717, 1.165) is 12.1 Å². The van der Waals surface area contributed by atoms with Crippen LogP contribution in [0.15, 0.2) is 42.6 Å². The first-order valence-electron chi connectivity index (χ1n) is 6.89. The van der Waals surface area contributed by atoms with Crippen molar-refractivity contribution in [2.45, 2.75) is 12.1 Å². The zero-order valence-electron chi connectivity index (χ0n) is 11.7. The summed E-state index contributed by atoms with van der Waals surface area (Å²) in [6.07, 6.45) is 1.81. The summed E-state index contributed by atoms with van der Waals surface area (Å²) < 4.78 is 40.9. The molecule has 1 aromatic carbocycles. The molecule has 1 fully saturated rings. The van der Waals surface area contributed by atoms with Gasteiger partial charge < -0.3 is 4.90 Å². The van der Waals surface area contributed by atoms with Gasteiger partial charge in [-0.25, -0.2) is 18.2 Å². The predicted octanol–water partition coefficient (Wildman–Crippen LogP) is 3.33. The van der Waals surface area contributed by atoms with E-state index < -0.39 is 17.3 Å². The molecule has 2 aromatic rings. The van der Waals surface area contributed by atoms with E-state index >= 15 is 0 Å². The number of hydrogen-bond acceptors (Lipinski definition) is 2. The topological polar surface area (TPSA) is 16.1 Å². The molecule has 22 heavy (non-hydrogen) atoms. The third-order valence-electron chi connectivity index (χ3n) is 3.57. The minimum absolute atomic E-state index is 0.0257. The van der Waals surface area contributed by atoms with Gasteiger partial charge in [0, 0.05) is 30.9 Å². The average molecular weight is 302 g/mol. The fourth-order valence-corrected chi connectivity index (χ4v) is 2.39. The molecule has 1 aliphatic heterocycles. The standard InChI is InChI=1S/C17H13F3N2/c18-15-5-4-14(11-16(15)19)22-10-8-17(20,12-22)7-6-13-3-1-2-9-21-13/h1-5,9,11H,8,10,12H2. The van der Waals surface area contributed by atoms with Gasteiger partial charge in [-0.3, -0.25) is 0 Å². The van der Waals surface area contributed by atoms with E-state index in [4.69, 9.17) is 0 Å². The normalized spacial score (nSPS) is 20.6. The van der Waals surface area contributed by atoms with Crippen LogP contribution in [0, 0.1) is 23.5 Å². The zero-order chi connectivity index (χ0) is 15.6. The first kappa shape index (κ1) is 14.5. The van der Waals surface area contributed by atoms with Crippen LogP contribution in [0.5, 0.6) is 0 Å². The van der Waals surface area contributed by atoms with Gasteiger partial charge in [0.2, 0.25) is 0 Å². The molecule has 112 valence electrons. The molecule has 0 saturated carbocycles. The predicted molar refractivity (Wildman–Crippen MR) is 78.1 cm³/mol. The first-order chi connectivity index (χ1) is 10.6. The Morgan fingerprint density at radius 2 is 2.00 bits per heavy atom. The van der Waals surface area contributed by atoms with Crippen molar-refractivity contribution in [3.63, 3.8) is 0 Å². The number of alkyl halides is 1. The smallest absolute Gasteiger partial charge is 0.190 e. The van der Waals surface area contributed by atoms with Crippen molar-refractivity contribution in [2.75, 3.05) is 18.0 Å². The Labute approximate surface area is 126 Å². The van der Waals surface area contributed by atoms with E-state index in [-0.39, 0.29) is 13.0 Å². The van der Waals surface area contributed by atoms with Crippen molar-refractivity contribution in [1.29, 1.82) is 0 Å². The van der Waals surface area contributed by atoms with Crippen LogP contribution in [-0.4, -0.2) is 23.7 Å². The van der Waals surface area contributed by atoms with Crippen LogP contribution in [0.25, 0.3) is 0 Å². The highest BCUT2D eigenvalue weighted by Crippen LogP contribution is 2.30. The monoisotopic (exact) mass is 302 g/mol. The van der Waals surface area contributed by atoms with Gasteiger partial charge in [0.25, 0.3) is 0 Å². The van der Waals surface area contributed by atoms with Gasteiger partial charge in [-0.15, -0.1) is 0 Å². The van der Waals surface area contributed by atoms with Crippen LogP contribution in [0.1, 0.15) is 12.1 Å². The lowest BCUT2D eigenvalue weighted by molar-refractivity contribution is 0.274. The molecule has 3 rings (SSSR count). The van der Waals surface area contributed by atoms with Crippen molar-refractivity contribution >= 4 is 5.69 Å². The number of hydrogen-bond donors (Lipinski definition) is 0. The van der Waals surface area contributed by atoms with E-state index in [9.17, 15) is 13.2 Å². The quantitative estimate of drug-likeness (QED) is 0.751. The SMILES string of the molecule is Fc1ccc(N2CCC(F)(C#Cc3ccccn3)C2)cc1F. The number of pyridine rings is 1. The maximum absolute atomic E-state index is 14.7. The molecule has 0 amide bonds. The number of aromatic nitrogens is 1. The van der Waals surface area contributed by atoms with Crippen LogP contribution >= 0.6 is 0 Å². The van der Waals surface area contributed by atoms with Gasteiger partial charge in [0.1, 0.15) is 5.69 Å². The van der Waals surface area contributed by atoms with E-state index in [1.54, 1.807) is 29.3 Å². The molecule has 2 heterocycles. The lowest BCUT2D eigenvalue weighted by atomic mass is 10.1. The summed E-state index contributed by atoms with van der Waals surface area (Å²) in [6.45, 7) is 0.427. The molecular formula is C17H13F3N2. The third-order valence-corrected chi connectivity index (χ3v) is 3.57. The van der Waals surface area contributed by atoms with E-state index in [1.165, 1.54) is 6.07 Å². The molecule has 2 nitrogen and oxygen atoms in total. The average Bonchev–Trinajstić information content (AvgIpc) is 2.92. The molecule has 0 spiro atoms. The summed E-state index contributed by atoms with van der Waals surface area (Å²) >= 11 is 0. The molecule has 1 aromatic heterocycles. The molecule has 1 unspecified atom stereocenters. The molecule has 0 aliphatic carbocycles. The summed E-state index contributed by atoms with van der Waals surface area (Å²) in [5, 5.41) is 0. The molecule has 5 heteroatoms. The van der Waals surface area contributed by atoms with Crippen molar-refractivity contribution in [3.8, 4) is 11.8 Å². The Morgan fingerprint density at radius 3 is 2.73 bits per heavy atom. The highest BCUT2D eigenvalue weighted by molar-refractivity contribution is 5.50. The summed E-state index contributed by atoms with van der Waals surface area (Å²) in [5.41, 5.74) is -0.716. The zero-order valence-corrected chi connectivity index (χ0v) is 11.7. The van der Waals surface area contributed by atoms with Crippen LogP contribution < -0.4 is 4.90 Å². The van der Waals surface area contributed by atoms with Gasteiger partial charge in [0.05, 0.1) is 6.54 Å². The van der Waals surface area contributed by atoms with Crippen molar-refractivity contribution in [3.05, 3.63) is 59.9 Å². The molecule has 1 saturated heterocycles. The molecular weight excluding hydrogens is 289 g/mol. The second-order valence-corrected chi connectivity index (χ2v) is 5.20. The molecule has 0 bridgehead atoms. The summed E-state index contributed by atoms with van der Waals surface area (Å²) in [5.74, 6) is 3.48. The van der Waals surface area contributed by atoms with E-state index in [2.05, 4.69) is 16.8 Å². The van der Waals surface area contributed by atoms with Crippen molar-refractivity contribution in [2.24, 2.45) is 0 Å². The molecule has 0 radical (unpaired) electrons. The summed E-state index contributed by atoms with van der Waals surface area (Å²) in [4.78, 5) is 5.69. The summed E-state index contributed by atoms with van der Waals surface area (Å²) in [7, 11) is 0. The Balaban J connectivity index is 1.76. The molecule has 1 atom stereocenters. The fraction of sp³-hybridized carbons (Fsp3) is 0.235. The Bertz CT molecular complexity index is 737. The van der Waals surface area contributed by atoms with Crippen LogP contribution in [0.3, 0.4) is 0 Å². The second-order valence-electron chi connectivity index (χ2n) is 5.20. The van der Waals surface area contributed by atoms with E-state index in [0.29, 0.717) is 17.9 Å². The summed E-state index contributed by atoms with van der Waals surface area (Å²) in [6, 6.07) is 8.81. The number of rotatable bonds is 1. The minimum atomic E-state index is -1.68. The number of halogens is 3. The first-order valence-corrected chi connectivity index (χ1v) is 6.89. The maximum atomic E-state index is 14.7. The highest BCUT2D eigenvalue weighted by Gasteiger charge is 2.37. The largest absolute Gasteiger partial charge is 0.367 e. The van der Waals surface area contributed by atoms with Gasteiger partial charge in [-0.1, -0.05) is 12.0 Å². The minimum Gasteiger partial charge on any atom is -0.367 e. The number of anilines is 1. The lowest BCUT2D eigenvalue weighted by Crippen LogP contribution is -2.27. The Kier molecular flexibility index (Phi) is 3.76. The fourth-order valence-electron chi connectivity index (χ4n) is 2.39. The second kappa shape index (κ2) is 5.72. The van der Waals surface area contributed by atoms with E-state index in [1.807, 2.05) is 0 Å². The molecule has 1 aliphatic rings. The van der Waals surface area contributed by atoms with Crippen LogP contribution in [0.4, 0.5) is 18.9 Å². The Hall–Kier alpha value is -2.48.